The quantitative estimate of drug-likeness (QED) is 0.675. The second kappa shape index (κ2) is 6.90. The third-order valence-corrected chi connectivity index (χ3v) is 3.29. The van der Waals surface area contributed by atoms with Gasteiger partial charge in [-0.3, -0.25) is 9.59 Å². The highest BCUT2D eigenvalue weighted by molar-refractivity contribution is 6.04. The number of ether oxygens (including phenoxy) is 1. The summed E-state index contributed by atoms with van der Waals surface area (Å²) < 4.78 is 5.49. The van der Waals surface area contributed by atoms with Gasteiger partial charge in [-0.05, 0) is 24.6 Å². The number of rotatable bonds is 6. The summed E-state index contributed by atoms with van der Waals surface area (Å²) in [4.78, 5) is 22.9. The maximum absolute atomic E-state index is 12.2. The number of nitrogens with two attached hydrogens (primary N) is 1. The van der Waals surface area contributed by atoms with Crippen LogP contribution in [-0.2, 0) is 9.59 Å². The Morgan fingerprint density at radius 2 is 2.05 bits per heavy atom. The van der Waals surface area contributed by atoms with E-state index in [-0.39, 0.29) is 18.9 Å². The normalized spacial score (nSPS) is 13.3. The van der Waals surface area contributed by atoms with E-state index in [9.17, 15) is 9.59 Å². The van der Waals surface area contributed by atoms with Gasteiger partial charge in [0.1, 0.15) is 5.75 Å². The molecule has 1 heterocycles. The second-order valence-electron chi connectivity index (χ2n) is 4.85. The summed E-state index contributed by atoms with van der Waals surface area (Å²) >= 11 is 0. The summed E-state index contributed by atoms with van der Waals surface area (Å²) in [5, 5.41) is 5.94. The van der Waals surface area contributed by atoms with Crippen molar-refractivity contribution in [1.82, 2.24) is 5.32 Å². The molecular formula is C15H19N3O3. The van der Waals surface area contributed by atoms with Crippen molar-refractivity contribution in [3.63, 3.8) is 0 Å². The van der Waals surface area contributed by atoms with Crippen LogP contribution in [0.4, 0.5) is 5.69 Å². The van der Waals surface area contributed by atoms with Crippen molar-refractivity contribution in [1.29, 1.82) is 0 Å². The Morgan fingerprint density at radius 3 is 2.67 bits per heavy atom. The summed E-state index contributed by atoms with van der Waals surface area (Å²) in [5.41, 5.74) is 7.49. The first-order valence-electron chi connectivity index (χ1n) is 6.78. The number of amides is 2. The van der Waals surface area contributed by atoms with Crippen LogP contribution in [0.15, 0.2) is 35.4 Å². The Labute approximate surface area is 123 Å². The van der Waals surface area contributed by atoms with Crippen molar-refractivity contribution in [2.75, 3.05) is 25.0 Å². The molecule has 1 aromatic rings. The molecule has 1 fully saturated rings. The molecular weight excluding hydrogens is 270 g/mol. The number of carbonyl (C=O) groups excluding carboxylic acids is 2. The molecule has 0 unspecified atom stereocenters. The van der Waals surface area contributed by atoms with Crippen LogP contribution in [0.25, 0.3) is 0 Å². The molecule has 1 aliphatic heterocycles. The van der Waals surface area contributed by atoms with Crippen LogP contribution in [0.3, 0.4) is 0 Å². The minimum atomic E-state index is -0.422. The molecule has 0 atom stereocenters. The van der Waals surface area contributed by atoms with Gasteiger partial charge in [-0.2, -0.15) is 0 Å². The van der Waals surface area contributed by atoms with Crippen LogP contribution in [0, 0.1) is 0 Å². The van der Waals surface area contributed by atoms with Gasteiger partial charge in [0.2, 0.25) is 5.91 Å². The van der Waals surface area contributed by atoms with Gasteiger partial charge in [0.05, 0.1) is 18.7 Å². The van der Waals surface area contributed by atoms with Crippen LogP contribution in [0.2, 0.25) is 0 Å². The molecule has 0 spiro atoms. The summed E-state index contributed by atoms with van der Waals surface area (Å²) in [5.74, 6) is -0.0383. The van der Waals surface area contributed by atoms with E-state index in [2.05, 4.69) is 10.6 Å². The highest BCUT2D eigenvalue weighted by atomic mass is 16.5. The predicted octanol–water partition coefficient (Wildman–Crippen LogP) is 0.799. The molecule has 0 saturated carbocycles. The topological polar surface area (TPSA) is 93.4 Å². The number of benzene rings is 1. The molecule has 1 aliphatic rings. The monoisotopic (exact) mass is 289 g/mol. The van der Waals surface area contributed by atoms with Gasteiger partial charge >= 0.3 is 0 Å². The van der Waals surface area contributed by atoms with E-state index >= 15 is 0 Å². The summed E-state index contributed by atoms with van der Waals surface area (Å²) in [7, 11) is 0. The Bertz CT molecular complexity index is 575. The molecule has 6 heteroatoms. The lowest BCUT2D eigenvalue weighted by Gasteiger charge is -2.21. The van der Waals surface area contributed by atoms with Gasteiger partial charge in [-0.15, -0.1) is 0 Å². The third kappa shape index (κ3) is 4.06. The van der Waals surface area contributed by atoms with E-state index in [1.165, 1.54) is 0 Å². The minimum absolute atomic E-state index is 0.136. The second-order valence-corrected chi connectivity index (χ2v) is 4.85. The van der Waals surface area contributed by atoms with Crippen molar-refractivity contribution in [3.05, 3.63) is 35.4 Å². The Kier molecular flexibility index (Phi) is 4.94. The molecule has 2 rings (SSSR count). The van der Waals surface area contributed by atoms with Crippen molar-refractivity contribution < 1.29 is 14.3 Å². The zero-order valence-corrected chi connectivity index (χ0v) is 11.9. The highest BCUT2D eigenvalue weighted by Gasteiger charge is 2.17. The molecule has 1 aromatic carbocycles. The van der Waals surface area contributed by atoms with E-state index in [1.54, 1.807) is 18.2 Å². The lowest BCUT2D eigenvalue weighted by molar-refractivity contribution is -0.118. The SMILES string of the molecule is CC(C(=O)Nc1ccccc1OCCC(N)=O)=C1CNC1. The number of primary amides is 1. The van der Waals surface area contributed by atoms with Crippen molar-refractivity contribution >= 4 is 17.5 Å². The average Bonchev–Trinajstić information content (AvgIpc) is 2.38. The predicted molar refractivity (Wildman–Crippen MR) is 79.9 cm³/mol. The summed E-state index contributed by atoms with van der Waals surface area (Å²) in [6.45, 7) is 3.51. The van der Waals surface area contributed by atoms with E-state index in [1.807, 2.05) is 13.0 Å². The first kappa shape index (κ1) is 15.1. The number of hydrogen-bond acceptors (Lipinski definition) is 4. The standard InChI is InChI=1S/C15H19N3O3/c1-10(11-8-17-9-11)15(20)18-12-4-2-3-5-13(12)21-7-6-14(16)19/h2-5,17H,6-9H2,1H3,(H2,16,19)(H,18,20). The molecule has 1 saturated heterocycles. The highest BCUT2D eigenvalue weighted by Crippen LogP contribution is 2.24. The fourth-order valence-electron chi connectivity index (χ4n) is 1.85. The molecule has 0 aliphatic carbocycles. The number of anilines is 1. The van der Waals surface area contributed by atoms with Gasteiger partial charge in [-0.1, -0.05) is 12.1 Å². The largest absolute Gasteiger partial charge is 0.491 e. The number of hydrogen-bond donors (Lipinski definition) is 3. The molecule has 0 radical (unpaired) electrons. The lowest BCUT2D eigenvalue weighted by atomic mass is 10.0. The van der Waals surface area contributed by atoms with E-state index in [0.29, 0.717) is 11.4 Å². The molecule has 0 aromatic heterocycles. The molecule has 0 bridgehead atoms. The van der Waals surface area contributed by atoms with Gasteiger partial charge in [0, 0.05) is 18.7 Å². The third-order valence-electron chi connectivity index (χ3n) is 3.29. The minimum Gasteiger partial charge on any atom is -0.491 e. The maximum Gasteiger partial charge on any atom is 0.251 e. The molecule has 6 nitrogen and oxygen atoms in total. The molecule has 21 heavy (non-hydrogen) atoms. The van der Waals surface area contributed by atoms with E-state index < -0.39 is 5.91 Å². The number of para-hydroxylation sites is 2. The first-order chi connectivity index (χ1) is 10.1. The zero-order chi connectivity index (χ0) is 15.2. The van der Waals surface area contributed by atoms with Crippen LogP contribution in [0.1, 0.15) is 13.3 Å². The summed E-state index contributed by atoms with van der Waals surface area (Å²) in [6.07, 6.45) is 0.136. The van der Waals surface area contributed by atoms with Crippen molar-refractivity contribution in [3.8, 4) is 5.75 Å². The van der Waals surface area contributed by atoms with Crippen molar-refractivity contribution in [2.24, 2.45) is 5.73 Å². The van der Waals surface area contributed by atoms with Gasteiger partial charge in [0.15, 0.2) is 0 Å². The Morgan fingerprint density at radius 1 is 1.33 bits per heavy atom. The summed E-state index contributed by atoms with van der Waals surface area (Å²) in [6, 6.07) is 7.11. The van der Waals surface area contributed by atoms with E-state index in [4.69, 9.17) is 10.5 Å². The van der Waals surface area contributed by atoms with Crippen LogP contribution in [-0.4, -0.2) is 31.5 Å². The molecule has 112 valence electrons. The average molecular weight is 289 g/mol. The van der Waals surface area contributed by atoms with Gasteiger partial charge in [0.25, 0.3) is 5.91 Å². The van der Waals surface area contributed by atoms with Crippen LogP contribution in [0.5, 0.6) is 5.75 Å². The Hall–Kier alpha value is -2.34. The number of nitrogens with one attached hydrogen (secondary N) is 2. The smallest absolute Gasteiger partial charge is 0.251 e. The van der Waals surface area contributed by atoms with Gasteiger partial charge in [-0.25, -0.2) is 0 Å². The van der Waals surface area contributed by atoms with E-state index in [0.717, 1.165) is 24.2 Å². The van der Waals surface area contributed by atoms with Crippen molar-refractivity contribution in [2.45, 2.75) is 13.3 Å². The first-order valence-corrected chi connectivity index (χ1v) is 6.78. The fraction of sp³-hybridized carbons (Fsp3) is 0.333. The molecule has 4 N–H and O–H groups in total. The maximum atomic E-state index is 12.2. The zero-order valence-electron chi connectivity index (χ0n) is 11.9. The van der Waals surface area contributed by atoms with Crippen LogP contribution >= 0.6 is 0 Å². The molecule has 2 amide bonds. The lowest BCUT2D eigenvalue weighted by Crippen LogP contribution is -2.36. The Balaban J connectivity index is 2.02. The number of carbonyl (C=O) groups is 2. The fourth-order valence-corrected chi connectivity index (χ4v) is 1.85. The van der Waals surface area contributed by atoms with Crippen LogP contribution < -0.4 is 21.1 Å². The van der Waals surface area contributed by atoms with Gasteiger partial charge < -0.3 is 21.1 Å².